The Balaban J connectivity index is 1.84. The third kappa shape index (κ3) is 4.70. The van der Waals surface area contributed by atoms with Crippen LogP contribution in [-0.4, -0.2) is 37.0 Å². The van der Waals surface area contributed by atoms with E-state index in [0.717, 1.165) is 13.0 Å². The minimum absolute atomic E-state index is 0.227. The monoisotopic (exact) mass is 295 g/mol. The zero-order valence-electron chi connectivity index (χ0n) is 11.5. The quantitative estimate of drug-likeness (QED) is 0.469. The normalized spacial score (nSPS) is 14.9. The van der Waals surface area contributed by atoms with Crippen molar-refractivity contribution in [2.45, 2.75) is 19.3 Å². The average molecular weight is 296 g/mol. The molecule has 1 aromatic rings. The number of halogens is 2. The highest BCUT2D eigenvalue weighted by atomic mass is 35.5. The lowest BCUT2D eigenvalue weighted by molar-refractivity contribution is 0.262. The molecule has 0 radical (unpaired) electrons. The number of benzene rings is 1. The third-order valence-electron chi connectivity index (χ3n) is 3.31. The Hall–Kier alpha value is -1.24. The number of alkyl halides is 1. The Kier molecular flexibility index (Phi) is 6.17. The fourth-order valence-electron chi connectivity index (χ4n) is 2.33. The van der Waals surface area contributed by atoms with Gasteiger partial charge in [-0.15, -0.1) is 11.6 Å². The molecule has 1 aliphatic rings. The van der Waals surface area contributed by atoms with Gasteiger partial charge in [0.2, 0.25) is 0 Å². The topological polar surface area (TPSA) is 12.5 Å². The van der Waals surface area contributed by atoms with Gasteiger partial charge < -0.3 is 9.64 Å². The standard InChI is InChI=1S/C16H19ClFNO/c17-8-3-5-14-13-15(18)6-7-16(14)20-12-4-11-19-9-1-2-10-19/h6-7,13H,1-2,4,8-12H2. The predicted octanol–water partition coefficient (Wildman–Crippen LogP) is 3.28. The summed E-state index contributed by atoms with van der Waals surface area (Å²) in [4.78, 5) is 2.45. The van der Waals surface area contributed by atoms with Gasteiger partial charge in [0.1, 0.15) is 11.6 Å². The molecule has 0 atom stereocenters. The Morgan fingerprint density at radius 1 is 1.30 bits per heavy atom. The van der Waals surface area contributed by atoms with E-state index in [1.54, 1.807) is 6.07 Å². The van der Waals surface area contributed by atoms with Crippen LogP contribution in [0.15, 0.2) is 18.2 Å². The Labute approximate surface area is 124 Å². The molecule has 0 amide bonds. The van der Waals surface area contributed by atoms with Crippen molar-refractivity contribution in [1.82, 2.24) is 4.90 Å². The van der Waals surface area contributed by atoms with Crippen molar-refractivity contribution in [3.8, 4) is 17.6 Å². The second kappa shape index (κ2) is 8.14. The van der Waals surface area contributed by atoms with Crippen molar-refractivity contribution in [2.75, 3.05) is 32.1 Å². The SMILES string of the molecule is Fc1ccc(OCCCN2CCCC2)c(C#CCCl)c1. The van der Waals surface area contributed by atoms with Crippen LogP contribution in [0.3, 0.4) is 0 Å². The van der Waals surface area contributed by atoms with E-state index in [0.29, 0.717) is 17.9 Å². The number of nitrogens with zero attached hydrogens (tertiary/aromatic N) is 1. The molecule has 0 unspecified atom stereocenters. The maximum Gasteiger partial charge on any atom is 0.135 e. The van der Waals surface area contributed by atoms with Crippen molar-refractivity contribution in [2.24, 2.45) is 0 Å². The first-order valence-electron chi connectivity index (χ1n) is 6.99. The van der Waals surface area contributed by atoms with Crippen molar-refractivity contribution >= 4 is 11.6 Å². The van der Waals surface area contributed by atoms with Gasteiger partial charge in [0, 0.05) is 6.54 Å². The van der Waals surface area contributed by atoms with Crippen LogP contribution >= 0.6 is 11.6 Å². The summed E-state index contributed by atoms with van der Waals surface area (Å²) < 4.78 is 18.9. The van der Waals surface area contributed by atoms with Crippen LogP contribution in [-0.2, 0) is 0 Å². The van der Waals surface area contributed by atoms with E-state index in [4.69, 9.17) is 16.3 Å². The molecular weight excluding hydrogens is 277 g/mol. The van der Waals surface area contributed by atoms with Gasteiger partial charge in [-0.2, -0.15) is 0 Å². The largest absolute Gasteiger partial charge is 0.492 e. The number of hydrogen-bond acceptors (Lipinski definition) is 2. The van der Waals surface area contributed by atoms with Gasteiger partial charge in [0.25, 0.3) is 0 Å². The summed E-state index contributed by atoms with van der Waals surface area (Å²) in [5.41, 5.74) is 0.562. The first-order valence-corrected chi connectivity index (χ1v) is 7.52. The second-order valence-electron chi connectivity index (χ2n) is 4.83. The lowest BCUT2D eigenvalue weighted by Crippen LogP contribution is -2.22. The van der Waals surface area contributed by atoms with Gasteiger partial charge in [0.15, 0.2) is 0 Å². The maximum absolute atomic E-state index is 13.2. The van der Waals surface area contributed by atoms with Gasteiger partial charge >= 0.3 is 0 Å². The molecule has 1 aromatic carbocycles. The van der Waals surface area contributed by atoms with E-state index in [-0.39, 0.29) is 11.7 Å². The van der Waals surface area contributed by atoms with Crippen LogP contribution in [0, 0.1) is 17.7 Å². The van der Waals surface area contributed by atoms with Crippen molar-refractivity contribution < 1.29 is 9.13 Å². The van der Waals surface area contributed by atoms with Crippen LogP contribution in [0.5, 0.6) is 5.75 Å². The number of likely N-dealkylation sites (tertiary alicyclic amines) is 1. The van der Waals surface area contributed by atoms with Crippen LogP contribution < -0.4 is 4.74 Å². The molecule has 4 heteroatoms. The third-order valence-corrected chi connectivity index (χ3v) is 3.44. The maximum atomic E-state index is 13.2. The van der Waals surface area contributed by atoms with Crippen molar-refractivity contribution in [3.63, 3.8) is 0 Å². The summed E-state index contributed by atoms with van der Waals surface area (Å²) in [6, 6.07) is 4.40. The number of ether oxygens (including phenoxy) is 1. The molecule has 1 saturated heterocycles. The molecule has 2 rings (SSSR count). The van der Waals surface area contributed by atoms with Gasteiger partial charge in [0.05, 0.1) is 18.1 Å². The van der Waals surface area contributed by atoms with E-state index >= 15 is 0 Å². The fraction of sp³-hybridized carbons (Fsp3) is 0.500. The molecule has 0 N–H and O–H groups in total. The van der Waals surface area contributed by atoms with Gasteiger partial charge in [-0.3, -0.25) is 0 Å². The summed E-state index contributed by atoms with van der Waals surface area (Å²) in [7, 11) is 0. The first kappa shape index (κ1) is 15.2. The molecule has 2 nitrogen and oxygen atoms in total. The zero-order chi connectivity index (χ0) is 14.2. The Morgan fingerprint density at radius 2 is 2.10 bits per heavy atom. The number of rotatable bonds is 5. The Morgan fingerprint density at radius 3 is 2.85 bits per heavy atom. The van der Waals surface area contributed by atoms with Gasteiger partial charge in [-0.25, -0.2) is 4.39 Å². The molecule has 0 aromatic heterocycles. The lowest BCUT2D eigenvalue weighted by Gasteiger charge is -2.14. The second-order valence-corrected chi connectivity index (χ2v) is 5.09. The van der Waals surface area contributed by atoms with Crippen molar-refractivity contribution in [3.05, 3.63) is 29.6 Å². The summed E-state index contributed by atoms with van der Waals surface area (Å²) in [5.74, 6) is 6.10. The molecule has 0 saturated carbocycles. The molecule has 1 heterocycles. The van der Waals surface area contributed by atoms with Crippen molar-refractivity contribution in [1.29, 1.82) is 0 Å². The summed E-state index contributed by atoms with van der Waals surface area (Å²) in [5, 5.41) is 0. The molecule has 0 bridgehead atoms. The minimum Gasteiger partial charge on any atom is -0.492 e. The first-order chi connectivity index (χ1) is 9.79. The Bertz CT molecular complexity index is 489. The van der Waals surface area contributed by atoms with E-state index in [1.165, 1.54) is 38.1 Å². The molecule has 1 fully saturated rings. The van der Waals surface area contributed by atoms with E-state index in [9.17, 15) is 4.39 Å². The van der Waals surface area contributed by atoms with E-state index in [2.05, 4.69) is 16.7 Å². The van der Waals surface area contributed by atoms with Gasteiger partial charge in [-0.1, -0.05) is 11.8 Å². The van der Waals surface area contributed by atoms with Crippen LogP contribution in [0.4, 0.5) is 4.39 Å². The van der Waals surface area contributed by atoms with E-state index in [1.807, 2.05) is 0 Å². The molecule has 108 valence electrons. The zero-order valence-corrected chi connectivity index (χ0v) is 12.3. The predicted molar refractivity (Wildman–Crippen MR) is 79.8 cm³/mol. The highest BCUT2D eigenvalue weighted by Gasteiger charge is 2.10. The highest BCUT2D eigenvalue weighted by Crippen LogP contribution is 2.19. The smallest absolute Gasteiger partial charge is 0.135 e. The molecule has 1 aliphatic heterocycles. The minimum atomic E-state index is -0.312. The molecule has 0 aliphatic carbocycles. The lowest BCUT2D eigenvalue weighted by atomic mass is 10.2. The highest BCUT2D eigenvalue weighted by molar-refractivity contribution is 6.19. The van der Waals surface area contributed by atoms with Gasteiger partial charge in [-0.05, 0) is 50.6 Å². The van der Waals surface area contributed by atoms with E-state index < -0.39 is 0 Å². The average Bonchev–Trinajstić information content (AvgIpc) is 2.96. The van der Waals surface area contributed by atoms with Crippen LogP contribution in [0.2, 0.25) is 0 Å². The summed E-state index contributed by atoms with van der Waals surface area (Å²) >= 11 is 5.53. The number of hydrogen-bond donors (Lipinski definition) is 0. The fourth-order valence-corrected chi connectivity index (χ4v) is 2.40. The summed E-state index contributed by atoms with van der Waals surface area (Å²) in [6.07, 6.45) is 3.58. The molecular formula is C16H19ClFNO. The van der Waals surface area contributed by atoms with Crippen LogP contribution in [0.1, 0.15) is 24.8 Å². The molecule has 20 heavy (non-hydrogen) atoms. The summed E-state index contributed by atoms with van der Waals surface area (Å²) in [6.45, 7) is 4.08. The molecule has 0 spiro atoms. The van der Waals surface area contributed by atoms with Crippen LogP contribution in [0.25, 0.3) is 0 Å².